The summed E-state index contributed by atoms with van der Waals surface area (Å²) in [4.78, 5) is 19.8. The first-order valence-electron chi connectivity index (χ1n) is 8.87. The molecule has 1 aromatic heterocycles. The van der Waals surface area contributed by atoms with Crippen LogP contribution >= 0.6 is 11.8 Å². The summed E-state index contributed by atoms with van der Waals surface area (Å²) < 4.78 is 39.6. The van der Waals surface area contributed by atoms with Crippen LogP contribution in [0.3, 0.4) is 0 Å². The first-order chi connectivity index (χ1) is 13.9. The van der Waals surface area contributed by atoms with Crippen LogP contribution in [0, 0.1) is 0 Å². The number of nitrogens with one attached hydrogen (secondary N) is 1. The van der Waals surface area contributed by atoms with Gasteiger partial charge in [-0.2, -0.15) is 13.2 Å². The van der Waals surface area contributed by atoms with E-state index in [-0.39, 0.29) is 22.5 Å². The molecule has 0 saturated carbocycles. The smallest absolute Gasteiger partial charge is 0.355 e. The lowest BCUT2D eigenvalue weighted by Gasteiger charge is -2.10. The van der Waals surface area contributed by atoms with Gasteiger partial charge in [-0.05, 0) is 18.1 Å². The maximum atomic E-state index is 13.2. The standard InChI is InChI=1S/C21H18F3N3OS/c22-21(23,24)18-13-17(16-9-5-2-6-10-16)26-20(27-18)29-14-19(28)25-12-11-15-7-3-1-4-8-15/h1-10,13H,11-12,14H2,(H,25,28). The topological polar surface area (TPSA) is 54.9 Å². The Labute approximate surface area is 170 Å². The van der Waals surface area contributed by atoms with E-state index in [1.807, 2.05) is 30.3 Å². The molecule has 0 atom stereocenters. The van der Waals surface area contributed by atoms with Gasteiger partial charge in [0.2, 0.25) is 5.91 Å². The normalized spacial score (nSPS) is 11.3. The van der Waals surface area contributed by atoms with Crippen molar-refractivity contribution in [1.29, 1.82) is 0 Å². The van der Waals surface area contributed by atoms with Crippen molar-refractivity contribution >= 4 is 17.7 Å². The van der Waals surface area contributed by atoms with Crippen molar-refractivity contribution < 1.29 is 18.0 Å². The summed E-state index contributed by atoms with van der Waals surface area (Å²) in [5.41, 5.74) is 0.780. The molecular formula is C21H18F3N3OS. The molecular weight excluding hydrogens is 399 g/mol. The molecule has 0 fully saturated rings. The van der Waals surface area contributed by atoms with Gasteiger partial charge in [0, 0.05) is 12.1 Å². The highest BCUT2D eigenvalue weighted by Crippen LogP contribution is 2.31. The summed E-state index contributed by atoms with van der Waals surface area (Å²) in [6.07, 6.45) is -3.92. The number of hydrogen-bond acceptors (Lipinski definition) is 4. The molecule has 0 saturated heterocycles. The molecule has 8 heteroatoms. The van der Waals surface area contributed by atoms with Crippen LogP contribution in [0.5, 0.6) is 0 Å². The Morgan fingerprint density at radius 2 is 1.62 bits per heavy atom. The minimum absolute atomic E-state index is 0.0651. The number of alkyl halides is 3. The van der Waals surface area contributed by atoms with E-state index in [1.165, 1.54) is 0 Å². The molecule has 3 aromatic rings. The molecule has 29 heavy (non-hydrogen) atoms. The first-order valence-corrected chi connectivity index (χ1v) is 9.85. The predicted molar refractivity (Wildman–Crippen MR) is 106 cm³/mol. The summed E-state index contributed by atoms with van der Waals surface area (Å²) >= 11 is 0.880. The van der Waals surface area contributed by atoms with Crippen molar-refractivity contribution in [2.24, 2.45) is 0 Å². The molecule has 1 N–H and O–H groups in total. The van der Waals surface area contributed by atoms with Crippen LogP contribution in [0.15, 0.2) is 71.9 Å². The number of nitrogens with zero attached hydrogens (tertiary/aromatic N) is 2. The average Bonchev–Trinajstić information content (AvgIpc) is 2.73. The van der Waals surface area contributed by atoms with E-state index in [2.05, 4.69) is 15.3 Å². The van der Waals surface area contributed by atoms with E-state index in [9.17, 15) is 18.0 Å². The van der Waals surface area contributed by atoms with Gasteiger partial charge in [-0.1, -0.05) is 72.4 Å². The zero-order valence-electron chi connectivity index (χ0n) is 15.3. The van der Waals surface area contributed by atoms with Crippen LogP contribution in [0.4, 0.5) is 13.2 Å². The lowest BCUT2D eigenvalue weighted by atomic mass is 10.1. The fourth-order valence-electron chi connectivity index (χ4n) is 2.56. The van der Waals surface area contributed by atoms with Crippen LogP contribution in [0.2, 0.25) is 0 Å². The van der Waals surface area contributed by atoms with Gasteiger partial charge in [0.25, 0.3) is 0 Å². The van der Waals surface area contributed by atoms with Gasteiger partial charge in [0.1, 0.15) is 5.69 Å². The van der Waals surface area contributed by atoms with Gasteiger partial charge in [-0.15, -0.1) is 0 Å². The fraction of sp³-hybridized carbons (Fsp3) is 0.190. The molecule has 1 amide bonds. The van der Waals surface area contributed by atoms with E-state index in [0.717, 1.165) is 23.4 Å². The molecule has 0 aliphatic carbocycles. The molecule has 0 unspecified atom stereocenters. The second-order valence-corrected chi connectivity index (χ2v) is 7.10. The van der Waals surface area contributed by atoms with E-state index in [4.69, 9.17) is 0 Å². The fourth-order valence-corrected chi connectivity index (χ4v) is 3.25. The summed E-state index contributed by atoms with van der Waals surface area (Å²) in [5, 5.41) is 2.67. The van der Waals surface area contributed by atoms with Crippen molar-refractivity contribution in [1.82, 2.24) is 15.3 Å². The van der Waals surface area contributed by atoms with Crippen molar-refractivity contribution in [3.8, 4) is 11.3 Å². The number of benzene rings is 2. The minimum Gasteiger partial charge on any atom is -0.355 e. The van der Waals surface area contributed by atoms with Gasteiger partial charge in [0.15, 0.2) is 5.16 Å². The van der Waals surface area contributed by atoms with E-state index in [1.54, 1.807) is 30.3 Å². The molecule has 2 aromatic carbocycles. The number of carbonyl (C=O) groups is 1. The molecule has 1 heterocycles. The Bertz CT molecular complexity index is 950. The van der Waals surface area contributed by atoms with Crippen LogP contribution in [-0.4, -0.2) is 28.2 Å². The highest BCUT2D eigenvalue weighted by atomic mass is 32.2. The molecule has 0 radical (unpaired) electrons. The minimum atomic E-state index is -4.60. The number of halogens is 3. The van der Waals surface area contributed by atoms with Crippen molar-refractivity contribution in [2.75, 3.05) is 12.3 Å². The predicted octanol–water partition coefficient (Wildman–Crippen LogP) is 4.61. The van der Waals surface area contributed by atoms with E-state index in [0.29, 0.717) is 18.5 Å². The third-order valence-corrected chi connectivity index (χ3v) is 4.82. The Kier molecular flexibility index (Phi) is 6.87. The number of carbonyl (C=O) groups excluding carboxylic acids is 1. The second kappa shape index (κ2) is 9.56. The van der Waals surface area contributed by atoms with Crippen LogP contribution in [-0.2, 0) is 17.4 Å². The Morgan fingerprint density at radius 1 is 0.966 bits per heavy atom. The zero-order valence-corrected chi connectivity index (χ0v) is 16.1. The lowest BCUT2D eigenvalue weighted by Crippen LogP contribution is -2.27. The quantitative estimate of drug-likeness (QED) is 0.451. The third-order valence-electron chi connectivity index (χ3n) is 3.98. The Balaban J connectivity index is 1.64. The van der Waals surface area contributed by atoms with E-state index >= 15 is 0 Å². The molecule has 3 rings (SSSR count). The molecule has 150 valence electrons. The van der Waals surface area contributed by atoms with Gasteiger partial charge in [-0.25, -0.2) is 9.97 Å². The summed E-state index contributed by atoms with van der Waals surface area (Å²) in [5.74, 6) is -0.349. The van der Waals surface area contributed by atoms with Crippen LogP contribution in [0.25, 0.3) is 11.3 Å². The summed E-state index contributed by atoms with van der Waals surface area (Å²) in [6.45, 7) is 0.447. The number of aromatic nitrogens is 2. The molecule has 4 nitrogen and oxygen atoms in total. The van der Waals surface area contributed by atoms with E-state index < -0.39 is 11.9 Å². The maximum absolute atomic E-state index is 13.2. The van der Waals surface area contributed by atoms with Gasteiger partial charge >= 0.3 is 6.18 Å². The molecule has 0 bridgehead atoms. The van der Waals surface area contributed by atoms with Crippen molar-refractivity contribution in [3.05, 3.63) is 78.0 Å². The largest absolute Gasteiger partial charge is 0.433 e. The van der Waals surface area contributed by atoms with Crippen LogP contribution < -0.4 is 5.32 Å². The monoisotopic (exact) mass is 417 g/mol. The number of hydrogen-bond donors (Lipinski definition) is 1. The number of rotatable bonds is 7. The lowest BCUT2D eigenvalue weighted by molar-refractivity contribution is -0.141. The van der Waals surface area contributed by atoms with Crippen molar-refractivity contribution in [2.45, 2.75) is 17.8 Å². The molecule has 0 spiro atoms. The Morgan fingerprint density at radius 3 is 2.28 bits per heavy atom. The summed E-state index contributed by atoms with van der Waals surface area (Å²) in [6, 6.07) is 19.1. The zero-order chi connectivity index (χ0) is 20.7. The number of amides is 1. The average molecular weight is 417 g/mol. The van der Waals surface area contributed by atoms with Gasteiger partial charge in [-0.3, -0.25) is 4.79 Å². The highest BCUT2D eigenvalue weighted by Gasteiger charge is 2.33. The maximum Gasteiger partial charge on any atom is 0.433 e. The van der Waals surface area contributed by atoms with Gasteiger partial charge < -0.3 is 5.32 Å². The van der Waals surface area contributed by atoms with Crippen molar-refractivity contribution in [3.63, 3.8) is 0 Å². The highest BCUT2D eigenvalue weighted by molar-refractivity contribution is 7.99. The SMILES string of the molecule is O=C(CSc1nc(-c2ccccc2)cc(C(F)(F)F)n1)NCCc1ccccc1. The third kappa shape index (κ3) is 6.32. The van der Waals surface area contributed by atoms with Gasteiger partial charge in [0.05, 0.1) is 11.4 Å². The van der Waals surface area contributed by atoms with Crippen LogP contribution in [0.1, 0.15) is 11.3 Å². The molecule has 0 aliphatic rings. The Hall–Kier alpha value is -2.87. The second-order valence-electron chi connectivity index (χ2n) is 6.16. The molecule has 0 aliphatic heterocycles. The first kappa shape index (κ1) is 20.9. The number of thioether (sulfide) groups is 1. The summed E-state index contributed by atoms with van der Waals surface area (Å²) in [7, 11) is 0.